The second-order valence-electron chi connectivity index (χ2n) is 6.96. The Hall–Kier alpha value is -4.46. The highest BCUT2D eigenvalue weighted by molar-refractivity contribution is 6.05. The van der Waals surface area contributed by atoms with Gasteiger partial charge < -0.3 is 19.6 Å². The second-order valence-corrected chi connectivity index (χ2v) is 6.96. The lowest BCUT2D eigenvalue weighted by Gasteiger charge is -2.09. The molecule has 0 fully saturated rings. The van der Waals surface area contributed by atoms with Crippen molar-refractivity contribution in [2.45, 2.75) is 13.5 Å². The Bertz CT molecular complexity index is 1240. The fourth-order valence-electron chi connectivity index (χ4n) is 2.94. The van der Waals surface area contributed by atoms with E-state index in [1.807, 2.05) is 31.2 Å². The molecule has 0 aliphatic heterocycles. The number of carbonyl (C=O) groups excluding carboxylic acids is 2. The Balaban J connectivity index is 1.46. The van der Waals surface area contributed by atoms with Crippen LogP contribution in [0.15, 0.2) is 87.6 Å². The molecular formula is C24H20N4O4. The van der Waals surface area contributed by atoms with E-state index in [0.717, 1.165) is 11.1 Å². The highest BCUT2D eigenvalue weighted by atomic mass is 16.5. The van der Waals surface area contributed by atoms with Crippen LogP contribution >= 0.6 is 0 Å². The number of rotatable bonds is 7. The third-order valence-electron chi connectivity index (χ3n) is 4.50. The summed E-state index contributed by atoms with van der Waals surface area (Å²) in [4.78, 5) is 29.7. The van der Waals surface area contributed by atoms with E-state index >= 15 is 0 Å². The summed E-state index contributed by atoms with van der Waals surface area (Å²) in [7, 11) is 0. The van der Waals surface area contributed by atoms with Crippen LogP contribution in [-0.4, -0.2) is 22.0 Å². The van der Waals surface area contributed by atoms with E-state index in [-0.39, 0.29) is 18.1 Å². The highest BCUT2D eigenvalue weighted by Gasteiger charge is 2.17. The molecule has 4 aromatic rings. The molecule has 8 heteroatoms. The van der Waals surface area contributed by atoms with Crippen LogP contribution in [0.25, 0.3) is 17.5 Å². The molecule has 4 rings (SSSR count). The Kier molecular flexibility index (Phi) is 6.22. The summed E-state index contributed by atoms with van der Waals surface area (Å²) in [5, 5.41) is 9.28. The fourth-order valence-corrected chi connectivity index (χ4v) is 2.94. The smallest absolute Gasteiger partial charge is 0.268 e. The molecule has 0 saturated heterocycles. The Morgan fingerprint density at radius 1 is 1.03 bits per heavy atom. The average molecular weight is 428 g/mol. The number of nitrogens with one attached hydrogen (secondary N) is 2. The molecule has 8 nitrogen and oxygen atoms in total. The third kappa shape index (κ3) is 5.17. The predicted octanol–water partition coefficient (Wildman–Crippen LogP) is 3.73. The monoisotopic (exact) mass is 428 g/mol. The van der Waals surface area contributed by atoms with E-state index in [0.29, 0.717) is 17.1 Å². The van der Waals surface area contributed by atoms with Crippen LogP contribution in [-0.2, 0) is 11.3 Å². The van der Waals surface area contributed by atoms with Crippen LogP contribution < -0.4 is 10.6 Å². The molecule has 0 saturated carbocycles. The van der Waals surface area contributed by atoms with Crippen molar-refractivity contribution in [1.82, 2.24) is 20.8 Å². The lowest BCUT2D eigenvalue weighted by Crippen LogP contribution is -2.34. The van der Waals surface area contributed by atoms with Crippen molar-refractivity contribution in [1.29, 1.82) is 0 Å². The summed E-state index contributed by atoms with van der Waals surface area (Å²) < 4.78 is 10.5. The minimum atomic E-state index is -0.527. The predicted molar refractivity (Wildman–Crippen MR) is 117 cm³/mol. The summed E-state index contributed by atoms with van der Waals surface area (Å²) in [6.07, 6.45) is 2.92. The van der Waals surface area contributed by atoms with Gasteiger partial charge in [0.05, 0.1) is 12.8 Å². The molecule has 2 aromatic heterocycles. The molecule has 2 heterocycles. The molecule has 0 spiro atoms. The van der Waals surface area contributed by atoms with E-state index in [9.17, 15) is 9.59 Å². The SMILES string of the molecule is Cc1cccc(-c2noc(CNC(=O)/C(=C/c3ccco3)NC(=O)c3ccccc3)n2)c1. The molecule has 0 unspecified atom stereocenters. The first kappa shape index (κ1) is 20.8. The van der Waals surface area contributed by atoms with Crippen LogP contribution in [0.2, 0.25) is 0 Å². The molecule has 2 aromatic carbocycles. The summed E-state index contributed by atoms with van der Waals surface area (Å²) in [5.41, 5.74) is 2.33. The standard InChI is InChI=1S/C24H20N4O4/c1-16-7-5-10-18(13-16)22-27-21(32-28-22)15-25-24(30)20(14-19-11-6-12-31-19)26-23(29)17-8-3-2-4-9-17/h2-14H,15H2,1H3,(H,25,30)(H,26,29)/b20-14-. The van der Waals surface area contributed by atoms with Gasteiger partial charge in [0.1, 0.15) is 11.5 Å². The maximum absolute atomic E-state index is 12.8. The summed E-state index contributed by atoms with van der Waals surface area (Å²) in [6, 6.07) is 19.7. The van der Waals surface area contributed by atoms with Crippen molar-refractivity contribution in [2.24, 2.45) is 0 Å². The number of amides is 2. The molecule has 0 aliphatic rings. The molecule has 2 N–H and O–H groups in total. The zero-order chi connectivity index (χ0) is 22.3. The number of hydrogen-bond acceptors (Lipinski definition) is 6. The molecule has 0 aliphatic carbocycles. The first-order valence-corrected chi connectivity index (χ1v) is 9.88. The lowest BCUT2D eigenvalue weighted by atomic mass is 10.1. The first-order valence-electron chi connectivity index (χ1n) is 9.88. The molecule has 160 valence electrons. The van der Waals surface area contributed by atoms with Crippen molar-refractivity contribution in [3.8, 4) is 11.4 Å². The Labute approximate surface area is 184 Å². The maximum Gasteiger partial charge on any atom is 0.268 e. The molecular weight excluding hydrogens is 408 g/mol. The van der Waals surface area contributed by atoms with E-state index < -0.39 is 11.8 Å². The minimum absolute atomic E-state index is 0.00560. The van der Waals surface area contributed by atoms with Gasteiger partial charge in [-0.05, 0) is 37.3 Å². The van der Waals surface area contributed by atoms with Gasteiger partial charge in [-0.25, -0.2) is 0 Å². The van der Waals surface area contributed by atoms with E-state index in [2.05, 4.69) is 20.8 Å². The zero-order valence-corrected chi connectivity index (χ0v) is 17.2. The summed E-state index contributed by atoms with van der Waals surface area (Å²) >= 11 is 0. The number of carbonyl (C=O) groups is 2. The average Bonchev–Trinajstić information content (AvgIpc) is 3.50. The highest BCUT2D eigenvalue weighted by Crippen LogP contribution is 2.17. The normalized spacial score (nSPS) is 11.2. The number of furan rings is 1. The van der Waals surface area contributed by atoms with E-state index in [1.54, 1.807) is 42.5 Å². The largest absolute Gasteiger partial charge is 0.465 e. The number of aryl methyl sites for hydroxylation is 1. The van der Waals surface area contributed by atoms with Gasteiger partial charge in [-0.1, -0.05) is 47.1 Å². The molecule has 2 amide bonds. The Morgan fingerprint density at radius 3 is 2.62 bits per heavy atom. The molecule has 0 bridgehead atoms. The van der Waals surface area contributed by atoms with Crippen molar-refractivity contribution < 1.29 is 18.5 Å². The van der Waals surface area contributed by atoms with Crippen LogP contribution in [0.1, 0.15) is 27.6 Å². The maximum atomic E-state index is 12.8. The Morgan fingerprint density at radius 2 is 1.88 bits per heavy atom. The number of nitrogens with zero attached hydrogens (tertiary/aromatic N) is 2. The number of hydrogen-bond donors (Lipinski definition) is 2. The van der Waals surface area contributed by atoms with E-state index in [1.165, 1.54) is 12.3 Å². The van der Waals surface area contributed by atoms with Gasteiger partial charge in [0.2, 0.25) is 11.7 Å². The van der Waals surface area contributed by atoms with E-state index in [4.69, 9.17) is 8.94 Å². The van der Waals surface area contributed by atoms with Crippen LogP contribution in [0.5, 0.6) is 0 Å². The fraction of sp³-hybridized carbons (Fsp3) is 0.0833. The van der Waals surface area contributed by atoms with Crippen molar-refractivity contribution >= 4 is 17.9 Å². The molecule has 0 atom stereocenters. The summed E-state index contributed by atoms with van der Waals surface area (Å²) in [6.45, 7) is 1.97. The van der Waals surface area contributed by atoms with Gasteiger partial charge >= 0.3 is 0 Å². The molecule has 32 heavy (non-hydrogen) atoms. The van der Waals surface area contributed by atoms with Gasteiger partial charge in [0.15, 0.2) is 0 Å². The van der Waals surface area contributed by atoms with Gasteiger partial charge in [-0.3, -0.25) is 9.59 Å². The van der Waals surface area contributed by atoms with Crippen molar-refractivity contribution in [3.05, 3.63) is 101 Å². The number of aromatic nitrogens is 2. The van der Waals surface area contributed by atoms with Crippen LogP contribution in [0, 0.1) is 6.92 Å². The second kappa shape index (κ2) is 9.57. The minimum Gasteiger partial charge on any atom is -0.465 e. The van der Waals surface area contributed by atoms with Gasteiger partial charge in [0.25, 0.3) is 11.8 Å². The third-order valence-corrected chi connectivity index (χ3v) is 4.50. The zero-order valence-electron chi connectivity index (χ0n) is 17.2. The van der Waals surface area contributed by atoms with Crippen LogP contribution in [0.3, 0.4) is 0 Å². The van der Waals surface area contributed by atoms with Crippen molar-refractivity contribution in [2.75, 3.05) is 0 Å². The topological polar surface area (TPSA) is 110 Å². The first-order chi connectivity index (χ1) is 15.6. The number of benzene rings is 2. The quantitative estimate of drug-likeness (QED) is 0.434. The van der Waals surface area contributed by atoms with Gasteiger partial charge in [-0.15, -0.1) is 0 Å². The van der Waals surface area contributed by atoms with Crippen molar-refractivity contribution in [3.63, 3.8) is 0 Å². The van der Waals surface area contributed by atoms with Crippen LogP contribution in [0.4, 0.5) is 0 Å². The molecule has 0 radical (unpaired) electrons. The lowest BCUT2D eigenvalue weighted by molar-refractivity contribution is -0.118. The van der Waals surface area contributed by atoms with Gasteiger partial charge in [-0.2, -0.15) is 4.98 Å². The summed E-state index contributed by atoms with van der Waals surface area (Å²) in [5.74, 6) is 0.144. The van der Waals surface area contributed by atoms with Gasteiger partial charge in [0, 0.05) is 17.2 Å².